The molecule has 2 heteroatoms. The molecule has 0 rings (SSSR count). The zero-order valence-corrected chi connectivity index (χ0v) is 7.76. The molecule has 0 bridgehead atoms. The van der Waals surface area contributed by atoms with E-state index < -0.39 is 0 Å². The van der Waals surface area contributed by atoms with E-state index in [0.29, 0.717) is 12.0 Å². The van der Waals surface area contributed by atoms with E-state index in [2.05, 4.69) is 0 Å². The summed E-state index contributed by atoms with van der Waals surface area (Å²) in [5, 5.41) is 0. The van der Waals surface area contributed by atoms with Crippen LogP contribution in [0.4, 0.5) is 0 Å². The maximum atomic E-state index is 10.9. The van der Waals surface area contributed by atoms with Crippen molar-refractivity contribution in [3.8, 4) is 0 Å². The molecule has 0 aromatic carbocycles. The third-order valence-electron chi connectivity index (χ3n) is 1.42. The highest BCUT2D eigenvalue weighted by molar-refractivity contribution is 6.03. The van der Waals surface area contributed by atoms with Gasteiger partial charge in [0, 0.05) is 12.0 Å². The fourth-order valence-electron chi connectivity index (χ4n) is 0.722. The third-order valence-corrected chi connectivity index (χ3v) is 1.42. The number of carbonyl (C=O) groups excluding carboxylic acids is 2. The van der Waals surface area contributed by atoms with Crippen LogP contribution in [-0.2, 0) is 9.59 Å². The minimum atomic E-state index is -0.0742. The quantitative estimate of drug-likeness (QED) is 0.473. The normalized spacial score (nSPS) is 12.1. The summed E-state index contributed by atoms with van der Waals surface area (Å²) in [6, 6.07) is 0. The number of allylic oxidation sites excluding steroid dienone is 4. The van der Waals surface area contributed by atoms with Crippen molar-refractivity contribution >= 4 is 11.6 Å². The molecule has 0 aromatic heterocycles. The molecule has 0 fully saturated rings. The molecule has 0 amide bonds. The van der Waals surface area contributed by atoms with Gasteiger partial charge < -0.3 is 0 Å². The Kier molecular flexibility index (Phi) is 4.93. The van der Waals surface area contributed by atoms with Crippen LogP contribution in [0.3, 0.4) is 0 Å². The third kappa shape index (κ3) is 3.86. The number of Topliss-reactive ketones (excluding diaryl/α,β-unsaturated/α-hetero) is 1. The molecule has 0 saturated carbocycles. The average molecular weight is 166 g/mol. The van der Waals surface area contributed by atoms with E-state index in [-0.39, 0.29) is 11.6 Å². The Bertz CT molecular complexity index is 234. The lowest BCUT2D eigenvalue weighted by molar-refractivity contribution is -0.116. The molecule has 0 aliphatic heterocycles. The topological polar surface area (TPSA) is 34.1 Å². The zero-order valence-electron chi connectivity index (χ0n) is 7.76. The Morgan fingerprint density at radius 1 is 1.33 bits per heavy atom. The van der Waals surface area contributed by atoms with Crippen molar-refractivity contribution in [1.82, 2.24) is 0 Å². The Morgan fingerprint density at radius 3 is 2.25 bits per heavy atom. The maximum absolute atomic E-state index is 10.9. The highest BCUT2D eigenvalue weighted by atomic mass is 16.1. The molecule has 0 saturated heterocycles. The SMILES string of the molecule is C/C=C\C(=C/C(=O)CC)C(C)=O. The minimum absolute atomic E-state index is 0.0155. The van der Waals surface area contributed by atoms with Gasteiger partial charge in [0.15, 0.2) is 11.6 Å². The van der Waals surface area contributed by atoms with Gasteiger partial charge in [0.05, 0.1) is 0 Å². The van der Waals surface area contributed by atoms with Crippen molar-refractivity contribution in [2.45, 2.75) is 27.2 Å². The first-order valence-electron chi connectivity index (χ1n) is 4.00. The second kappa shape index (κ2) is 5.47. The summed E-state index contributed by atoms with van der Waals surface area (Å²) in [6.45, 7) is 5.04. The summed E-state index contributed by atoms with van der Waals surface area (Å²) in [5.74, 6) is -0.0896. The van der Waals surface area contributed by atoms with Gasteiger partial charge in [-0.3, -0.25) is 9.59 Å². The highest BCUT2D eigenvalue weighted by Crippen LogP contribution is 2.00. The molecule has 0 N–H and O–H groups in total. The van der Waals surface area contributed by atoms with Crippen molar-refractivity contribution < 1.29 is 9.59 Å². The van der Waals surface area contributed by atoms with Crippen molar-refractivity contribution in [2.75, 3.05) is 0 Å². The van der Waals surface area contributed by atoms with Crippen LogP contribution in [0.25, 0.3) is 0 Å². The first-order valence-corrected chi connectivity index (χ1v) is 4.00. The second-order valence-corrected chi connectivity index (χ2v) is 2.48. The Labute approximate surface area is 73.0 Å². The predicted octanol–water partition coefficient (Wildman–Crippen LogP) is 2.06. The number of rotatable bonds is 4. The number of hydrogen-bond acceptors (Lipinski definition) is 2. The van der Waals surface area contributed by atoms with Crippen molar-refractivity contribution in [2.24, 2.45) is 0 Å². The van der Waals surface area contributed by atoms with Crippen LogP contribution >= 0.6 is 0 Å². The summed E-state index contributed by atoms with van der Waals surface area (Å²) in [7, 11) is 0. The summed E-state index contributed by atoms with van der Waals surface area (Å²) in [4.78, 5) is 21.9. The molecular formula is C10H14O2. The van der Waals surface area contributed by atoms with Crippen molar-refractivity contribution in [1.29, 1.82) is 0 Å². The Hall–Kier alpha value is -1.18. The molecule has 2 nitrogen and oxygen atoms in total. The number of hydrogen-bond donors (Lipinski definition) is 0. The fourth-order valence-corrected chi connectivity index (χ4v) is 0.722. The lowest BCUT2D eigenvalue weighted by atomic mass is 10.1. The second-order valence-electron chi connectivity index (χ2n) is 2.48. The van der Waals surface area contributed by atoms with Crippen molar-refractivity contribution in [3.05, 3.63) is 23.8 Å². The molecule has 0 aliphatic rings. The molecule has 0 aromatic rings. The number of ketones is 2. The number of carbonyl (C=O) groups is 2. The molecule has 12 heavy (non-hydrogen) atoms. The molecule has 0 unspecified atom stereocenters. The van der Waals surface area contributed by atoms with Gasteiger partial charge in [0.1, 0.15) is 0 Å². The van der Waals surface area contributed by atoms with Gasteiger partial charge in [-0.25, -0.2) is 0 Å². The highest BCUT2D eigenvalue weighted by Gasteiger charge is 2.01. The lowest BCUT2D eigenvalue weighted by Crippen LogP contribution is -1.98. The van der Waals surface area contributed by atoms with E-state index in [0.717, 1.165) is 0 Å². The van der Waals surface area contributed by atoms with Crippen LogP contribution in [-0.4, -0.2) is 11.6 Å². The van der Waals surface area contributed by atoms with E-state index in [1.807, 2.05) is 6.92 Å². The van der Waals surface area contributed by atoms with Crippen LogP contribution in [0.15, 0.2) is 23.8 Å². The molecule has 0 spiro atoms. The maximum Gasteiger partial charge on any atom is 0.159 e. The molecule has 0 aliphatic carbocycles. The van der Waals surface area contributed by atoms with E-state index >= 15 is 0 Å². The Balaban J connectivity index is 4.61. The average Bonchev–Trinajstić information content (AvgIpc) is 2.03. The summed E-state index contributed by atoms with van der Waals surface area (Å²) < 4.78 is 0. The summed E-state index contributed by atoms with van der Waals surface area (Å²) in [6.07, 6.45) is 5.22. The van der Waals surface area contributed by atoms with E-state index in [4.69, 9.17) is 0 Å². The molecule has 0 heterocycles. The van der Waals surface area contributed by atoms with Gasteiger partial charge in [-0.05, 0) is 19.9 Å². The lowest BCUT2D eigenvalue weighted by Gasteiger charge is -1.93. The predicted molar refractivity (Wildman–Crippen MR) is 48.9 cm³/mol. The van der Waals surface area contributed by atoms with Crippen LogP contribution in [0.1, 0.15) is 27.2 Å². The van der Waals surface area contributed by atoms with E-state index in [1.54, 1.807) is 19.1 Å². The van der Waals surface area contributed by atoms with Crippen LogP contribution in [0.2, 0.25) is 0 Å². The van der Waals surface area contributed by atoms with Crippen LogP contribution in [0, 0.1) is 0 Å². The Morgan fingerprint density at radius 2 is 1.92 bits per heavy atom. The van der Waals surface area contributed by atoms with Gasteiger partial charge in [0.25, 0.3) is 0 Å². The first kappa shape index (κ1) is 10.8. The molecule has 0 radical (unpaired) electrons. The van der Waals surface area contributed by atoms with Gasteiger partial charge >= 0.3 is 0 Å². The fraction of sp³-hybridized carbons (Fsp3) is 0.400. The monoisotopic (exact) mass is 166 g/mol. The van der Waals surface area contributed by atoms with E-state index in [9.17, 15) is 9.59 Å². The molecule has 66 valence electrons. The van der Waals surface area contributed by atoms with Crippen LogP contribution in [0.5, 0.6) is 0 Å². The first-order chi connectivity index (χ1) is 5.61. The van der Waals surface area contributed by atoms with E-state index in [1.165, 1.54) is 13.0 Å². The van der Waals surface area contributed by atoms with Gasteiger partial charge in [0.2, 0.25) is 0 Å². The van der Waals surface area contributed by atoms with Crippen molar-refractivity contribution in [3.63, 3.8) is 0 Å². The smallest absolute Gasteiger partial charge is 0.159 e. The summed E-state index contributed by atoms with van der Waals surface area (Å²) >= 11 is 0. The van der Waals surface area contributed by atoms with Gasteiger partial charge in [-0.15, -0.1) is 0 Å². The standard InChI is InChI=1S/C10H14O2/c1-4-6-9(8(3)11)7-10(12)5-2/h4,6-7H,5H2,1-3H3/b6-4-,9-7+. The molecular weight excluding hydrogens is 152 g/mol. The van der Waals surface area contributed by atoms with Gasteiger partial charge in [-0.1, -0.05) is 19.1 Å². The molecule has 0 atom stereocenters. The minimum Gasteiger partial charge on any atom is -0.295 e. The van der Waals surface area contributed by atoms with Crippen LogP contribution < -0.4 is 0 Å². The zero-order chi connectivity index (χ0) is 9.56. The summed E-state index contributed by atoms with van der Waals surface area (Å²) in [5.41, 5.74) is 0.476. The van der Waals surface area contributed by atoms with Gasteiger partial charge in [-0.2, -0.15) is 0 Å². The largest absolute Gasteiger partial charge is 0.295 e.